The summed E-state index contributed by atoms with van der Waals surface area (Å²) in [5.74, 6) is -0.0181. The van der Waals surface area contributed by atoms with Crippen LogP contribution < -0.4 is 0 Å². The van der Waals surface area contributed by atoms with E-state index in [0.29, 0.717) is 0 Å². The number of allylic oxidation sites excluding steroid dienone is 7. The van der Waals surface area contributed by atoms with Crippen LogP contribution in [0, 0.1) is 0 Å². The number of nitrogens with zero attached hydrogens (tertiary/aromatic N) is 2. The fourth-order valence-electron chi connectivity index (χ4n) is 7.33. The number of aliphatic imine (C=N–C) groups is 1. The van der Waals surface area contributed by atoms with Crippen LogP contribution in [0.4, 0.5) is 5.69 Å². The number of pyridine rings is 1. The summed E-state index contributed by atoms with van der Waals surface area (Å²) in [6, 6.07) is 58.1. The number of hydrogen-bond acceptors (Lipinski definition) is 2. The third-order valence-electron chi connectivity index (χ3n) is 10.1. The van der Waals surface area contributed by atoms with Crippen molar-refractivity contribution < 1.29 is 0 Å². The predicted octanol–water partition coefficient (Wildman–Crippen LogP) is 12.9. The number of rotatable bonds is 6. The molecule has 2 aliphatic rings. The molecule has 2 heteroatoms. The molecule has 0 N–H and O–H groups in total. The van der Waals surface area contributed by atoms with Crippen molar-refractivity contribution in [1.82, 2.24) is 4.98 Å². The van der Waals surface area contributed by atoms with E-state index in [1.54, 1.807) is 0 Å². The number of benzene rings is 6. The van der Waals surface area contributed by atoms with Crippen LogP contribution in [0.25, 0.3) is 49.9 Å². The first-order valence-electron chi connectivity index (χ1n) is 17.9. The van der Waals surface area contributed by atoms with Crippen LogP contribution in [-0.2, 0) is 0 Å². The van der Waals surface area contributed by atoms with E-state index in [4.69, 9.17) is 9.98 Å². The first-order chi connectivity index (χ1) is 25.8. The quantitative estimate of drug-likeness (QED) is 0.174. The first kappa shape index (κ1) is 31.3. The fourth-order valence-corrected chi connectivity index (χ4v) is 7.33. The number of aromatic nitrogens is 1. The lowest BCUT2D eigenvalue weighted by atomic mass is 9.89. The molecule has 0 spiro atoms. The van der Waals surface area contributed by atoms with Crippen molar-refractivity contribution in [2.45, 2.75) is 12.3 Å². The fraction of sp³-hybridized carbons (Fsp3) is 0.0400. The van der Waals surface area contributed by atoms with Gasteiger partial charge in [-0.05, 0) is 68.2 Å². The molecule has 9 rings (SSSR count). The van der Waals surface area contributed by atoms with E-state index in [0.717, 1.165) is 56.5 Å². The van der Waals surface area contributed by atoms with Crippen LogP contribution in [-0.4, -0.2) is 11.2 Å². The number of hydrogen-bond donors (Lipinski definition) is 0. The third kappa shape index (κ3) is 6.16. The van der Waals surface area contributed by atoms with Gasteiger partial charge in [0, 0.05) is 23.1 Å². The Kier molecular flexibility index (Phi) is 8.40. The van der Waals surface area contributed by atoms with E-state index in [1.807, 2.05) is 0 Å². The second-order valence-electron chi connectivity index (χ2n) is 13.3. The highest BCUT2D eigenvalue weighted by Gasteiger charge is 2.22. The lowest BCUT2D eigenvalue weighted by Crippen LogP contribution is -1.98. The molecule has 2 nitrogen and oxygen atoms in total. The molecule has 2 heterocycles. The minimum atomic E-state index is -0.0181. The monoisotopic (exact) mass is 664 g/mol. The van der Waals surface area contributed by atoms with Crippen molar-refractivity contribution in [3.63, 3.8) is 0 Å². The van der Waals surface area contributed by atoms with Gasteiger partial charge in [-0.3, -0.25) is 4.99 Å². The summed E-state index contributed by atoms with van der Waals surface area (Å²) < 4.78 is 0. The zero-order valence-electron chi connectivity index (χ0n) is 28.7. The van der Waals surface area contributed by atoms with Crippen LogP contribution in [0.3, 0.4) is 0 Å². The lowest BCUT2D eigenvalue weighted by molar-refractivity contribution is 1.17. The second kappa shape index (κ2) is 13.9. The predicted molar refractivity (Wildman–Crippen MR) is 220 cm³/mol. The Balaban J connectivity index is 1.22. The summed E-state index contributed by atoms with van der Waals surface area (Å²) in [5.41, 5.74) is 15.7. The van der Waals surface area contributed by atoms with Crippen molar-refractivity contribution in [1.29, 1.82) is 0 Å². The molecule has 7 aromatic rings. The van der Waals surface area contributed by atoms with Crippen molar-refractivity contribution in [2.24, 2.45) is 4.99 Å². The maximum atomic E-state index is 5.48. The van der Waals surface area contributed by atoms with Crippen molar-refractivity contribution in [3.05, 3.63) is 222 Å². The summed E-state index contributed by atoms with van der Waals surface area (Å²) in [5, 5.41) is 1.09. The molecule has 0 bridgehead atoms. The Morgan fingerprint density at radius 1 is 0.519 bits per heavy atom. The van der Waals surface area contributed by atoms with Gasteiger partial charge in [-0.25, -0.2) is 4.98 Å². The molecular weight excluding hydrogens is 629 g/mol. The highest BCUT2D eigenvalue weighted by molar-refractivity contribution is 6.07. The Labute approximate surface area is 305 Å². The molecule has 1 atom stereocenters. The normalized spacial score (nSPS) is 15.2. The Morgan fingerprint density at radius 3 is 1.83 bits per heavy atom. The molecule has 0 radical (unpaired) electrons. The van der Waals surface area contributed by atoms with Gasteiger partial charge in [-0.1, -0.05) is 188 Å². The molecule has 1 unspecified atom stereocenters. The maximum absolute atomic E-state index is 5.48. The smallest absolute Gasteiger partial charge is 0.0978 e. The Hall–Kier alpha value is -6.64. The van der Waals surface area contributed by atoms with E-state index >= 15 is 0 Å². The second-order valence-corrected chi connectivity index (χ2v) is 13.3. The Bertz CT molecular complexity index is 2540. The molecule has 1 aliphatic heterocycles. The Morgan fingerprint density at radius 2 is 1.13 bits per heavy atom. The standard InChI is InChI=1S/C50H36N2/c1-5-14-35(15-6-1)37-22-13-23-42(29-28-37)48-33-47(41-20-11-4-12-21-41)45-31-30-44-46(40-18-9-3-10-19-40)32-43(34-51-49(44)50(45)52-48)39-26-24-38(25-27-39)36-16-7-2-8-17-36/h1-22,24-34,43H,23H2. The zero-order valence-corrected chi connectivity index (χ0v) is 28.7. The molecule has 52 heavy (non-hydrogen) atoms. The van der Waals surface area contributed by atoms with Crippen molar-refractivity contribution in [2.75, 3.05) is 0 Å². The molecule has 0 saturated carbocycles. The van der Waals surface area contributed by atoms with Crippen LogP contribution in [0.1, 0.15) is 40.3 Å². The minimum Gasteiger partial charge on any atom is -0.257 e. The summed E-state index contributed by atoms with van der Waals surface area (Å²) in [6.07, 6.45) is 14.2. The van der Waals surface area contributed by atoms with Gasteiger partial charge in [0.1, 0.15) is 0 Å². The van der Waals surface area contributed by atoms with E-state index in [1.165, 1.54) is 33.4 Å². The largest absolute Gasteiger partial charge is 0.257 e. The van der Waals surface area contributed by atoms with Crippen LogP contribution in [0.2, 0.25) is 0 Å². The van der Waals surface area contributed by atoms with Gasteiger partial charge >= 0.3 is 0 Å². The zero-order chi connectivity index (χ0) is 34.7. The van der Waals surface area contributed by atoms with Gasteiger partial charge < -0.3 is 0 Å². The number of fused-ring (bicyclic) bond motifs is 3. The van der Waals surface area contributed by atoms with E-state index in [2.05, 4.69) is 200 Å². The molecule has 0 fully saturated rings. The average molecular weight is 665 g/mol. The highest BCUT2D eigenvalue weighted by atomic mass is 14.8. The molecule has 0 saturated heterocycles. The van der Waals surface area contributed by atoms with Gasteiger partial charge in [0.25, 0.3) is 0 Å². The van der Waals surface area contributed by atoms with Gasteiger partial charge in [-0.15, -0.1) is 0 Å². The van der Waals surface area contributed by atoms with Crippen molar-refractivity contribution in [3.8, 4) is 22.3 Å². The van der Waals surface area contributed by atoms with E-state index in [9.17, 15) is 0 Å². The maximum Gasteiger partial charge on any atom is 0.0978 e. The molecule has 6 aromatic carbocycles. The average Bonchev–Trinajstić information content (AvgIpc) is 3.60. The van der Waals surface area contributed by atoms with Gasteiger partial charge in [-0.2, -0.15) is 0 Å². The lowest BCUT2D eigenvalue weighted by Gasteiger charge is -2.16. The minimum absolute atomic E-state index is 0.0181. The molecule has 1 aliphatic carbocycles. The van der Waals surface area contributed by atoms with E-state index in [-0.39, 0.29) is 5.92 Å². The van der Waals surface area contributed by atoms with E-state index < -0.39 is 0 Å². The summed E-state index contributed by atoms with van der Waals surface area (Å²) in [6.45, 7) is 0. The molecular formula is C50H36N2. The summed E-state index contributed by atoms with van der Waals surface area (Å²) in [7, 11) is 0. The third-order valence-corrected chi connectivity index (χ3v) is 10.1. The molecule has 246 valence electrons. The SMILES string of the molecule is C1=CC(c2ccccc2)=CC=C(c2cc(-c3ccccc3)c3ccc4c(c3n2)N=CC(c2ccc(-c3ccccc3)cc2)C=C4c2ccccc2)C1. The summed E-state index contributed by atoms with van der Waals surface area (Å²) in [4.78, 5) is 10.8. The topological polar surface area (TPSA) is 25.2 Å². The molecule has 0 amide bonds. The summed E-state index contributed by atoms with van der Waals surface area (Å²) >= 11 is 0. The van der Waals surface area contributed by atoms with Crippen LogP contribution >= 0.6 is 0 Å². The van der Waals surface area contributed by atoms with Gasteiger partial charge in [0.05, 0.1) is 16.9 Å². The van der Waals surface area contributed by atoms with Gasteiger partial charge in [0.15, 0.2) is 0 Å². The van der Waals surface area contributed by atoms with Crippen LogP contribution in [0.5, 0.6) is 0 Å². The first-order valence-corrected chi connectivity index (χ1v) is 17.9. The van der Waals surface area contributed by atoms with Crippen molar-refractivity contribution >= 4 is 39.5 Å². The van der Waals surface area contributed by atoms with Crippen LogP contribution in [0.15, 0.2) is 199 Å². The highest BCUT2D eigenvalue weighted by Crippen LogP contribution is 2.43. The molecule has 1 aromatic heterocycles. The van der Waals surface area contributed by atoms with Gasteiger partial charge in [0.2, 0.25) is 0 Å².